The number of hydrogen-bond donors (Lipinski definition) is 1. The molecule has 1 aromatic carbocycles. The number of imidazole rings is 1. The summed E-state index contributed by atoms with van der Waals surface area (Å²) in [6.45, 7) is 2.40. The van der Waals surface area contributed by atoms with Crippen LogP contribution >= 0.6 is 0 Å². The highest BCUT2D eigenvalue weighted by Crippen LogP contribution is 2.18. The van der Waals surface area contributed by atoms with E-state index in [1.54, 1.807) is 17.1 Å². The normalized spacial score (nSPS) is 12.2. The van der Waals surface area contributed by atoms with Gasteiger partial charge in [0.1, 0.15) is 5.65 Å². The summed E-state index contributed by atoms with van der Waals surface area (Å²) in [4.78, 5) is 17.4. The zero-order valence-corrected chi connectivity index (χ0v) is 14.4. The summed E-state index contributed by atoms with van der Waals surface area (Å²) in [6, 6.07) is 15.0. The van der Waals surface area contributed by atoms with Crippen LogP contribution in [0.25, 0.3) is 5.65 Å². The molecule has 26 heavy (non-hydrogen) atoms. The third-order valence-electron chi connectivity index (χ3n) is 4.26. The number of aromatic nitrogens is 4. The molecule has 0 bridgehead atoms. The maximum Gasteiger partial charge on any atom is 0.249 e. The van der Waals surface area contributed by atoms with E-state index in [1.807, 2.05) is 72.2 Å². The number of rotatable bonds is 5. The number of pyridine rings is 1. The molecule has 0 radical (unpaired) electrons. The highest BCUT2D eigenvalue weighted by Gasteiger charge is 2.22. The molecule has 1 atom stereocenters. The third kappa shape index (κ3) is 3.21. The second-order valence-electron chi connectivity index (χ2n) is 6.22. The van der Waals surface area contributed by atoms with Crippen molar-refractivity contribution in [3.8, 4) is 0 Å². The summed E-state index contributed by atoms with van der Waals surface area (Å²) >= 11 is 0. The van der Waals surface area contributed by atoms with Gasteiger partial charge in [-0.15, -0.1) is 0 Å². The van der Waals surface area contributed by atoms with E-state index in [-0.39, 0.29) is 5.91 Å². The fourth-order valence-corrected chi connectivity index (χ4v) is 2.99. The van der Waals surface area contributed by atoms with Crippen LogP contribution in [0.5, 0.6) is 0 Å². The molecule has 1 amide bonds. The number of benzene rings is 1. The largest absolute Gasteiger partial charge is 0.348 e. The van der Waals surface area contributed by atoms with Crippen molar-refractivity contribution in [1.29, 1.82) is 0 Å². The van der Waals surface area contributed by atoms with Gasteiger partial charge in [0.25, 0.3) is 0 Å². The van der Waals surface area contributed by atoms with Crippen molar-refractivity contribution in [2.75, 3.05) is 0 Å². The van der Waals surface area contributed by atoms with Crippen molar-refractivity contribution in [3.63, 3.8) is 0 Å². The summed E-state index contributed by atoms with van der Waals surface area (Å²) in [7, 11) is 0. The molecule has 0 aliphatic rings. The van der Waals surface area contributed by atoms with Crippen molar-refractivity contribution in [3.05, 3.63) is 90.1 Å². The van der Waals surface area contributed by atoms with E-state index in [2.05, 4.69) is 15.4 Å². The van der Waals surface area contributed by atoms with Crippen molar-refractivity contribution < 1.29 is 4.79 Å². The third-order valence-corrected chi connectivity index (χ3v) is 4.26. The Morgan fingerprint density at radius 3 is 2.77 bits per heavy atom. The molecule has 0 fully saturated rings. The minimum Gasteiger partial charge on any atom is -0.348 e. The zero-order valence-electron chi connectivity index (χ0n) is 14.4. The lowest BCUT2D eigenvalue weighted by atomic mass is 10.1. The van der Waals surface area contributed by atoms with E-state index in [0.717, 1.165) is 22.5 Å². The Morgan fingerprint density at radius 1 is 1.15 bits per heavy atom. The maximum absolute atomic E-state index is 12.9. The molecule has 6 heteroatoms. The van der Waals surface area contributed by atoms with Crippen LogP contribution in [0.15, 0.2) is 73.3 Å². The van der Waals surface area contributed by atoms with Gasteiger partial charge in [0, 0.05) is 24.8 Å². The van der Waals surface area contributed by atoms with E-state index in [4.69, 9.17) is 0 Å². The quantitative estimate of drug-likeness (QED) is 0.605. The highest BCUT2D eigenvalue weighted by molar-refractivity contribution is 5.83. The molecule has 3 aromatic heterocycles. The predicted octanol–water partition coefficient (Wildman–Crippen LogP) is 2.75. The van der Waals surface area contributed by atoms with Crippen LogP contribution in [0.4, 0.5) is 0 Å². The van der Waals surface area contributed by atoms with Crippen LogP contribution in [-0.2, 0) is 11.3 Å². The first-order valence-electron chi connectivity index (χ1n) is 8.47. The Hall–Kier alpha value is -3.41. The molecule has 0 aliphatic carbocycles. The Bertz CT molecular complexity index is 1020. The monoisotopic (exact) mass is 345 g/mol. The Balaban J connectivity index is 1.54. The molecule has 4 aromatic rings. The summed E-state index contributed by atoms with van der Waals surface area (Å²) in [5.41, 5.74) is 3.73. The van der Waals surface area contributed by atoms with Crippen molar-refractivity contribution >= 4 is 11.6 Å². The van der Waals surface area contributed by atoms with Gasteiger partial charge in [-0.3, -0.25) is 9.48 Å². The van der Waals surface area contributed by atoms with Gasteiger partial charge in [0.05, 0.1) is 12.2 Å². The maximum atomic E-state index is 12.9. The fourth-order valence-electron chi connectivity index (χ4n) is 2.99. The lowest BCUT2D eigenvalue weighted by Crippen LogP contribution is -2.33. The molecule has 0 saturated carbocycles. The van der Waals surface area contributed by atoms with Gasteiger partial charge in [-0.2, -0.15) is 5.10 Å². The topological polar surface area (TPSA) is 64.2 Å². The van der Waals surface area contributed by atoms with E-state index in [9.17, 15) is 4.79 Å². The molecule has 130 valence electrons. The Labute approximate surface area is 151 Å². The SMILES string of the molecule is Cc1ccn2cc(CNC(=O)[C@H](c3ccccc3)n3cccn3)nc2c1. The number of amides is 1. The smallest absolute Gasteiger partial charge is 0.249 e. The van der Waals surface area contributed by atoms with Gasteiger partial charge in [-0.05, 0) is 36.2 Å². The lowest BCUT2D eigenvalue weighted by Gasteiger charge is -2.17. The van der Waals surface area contributed by atoms with Gasteiger partial charge in [0.2, 0.25) is 5.91 Å². The van der Waals surface area contributed by atoms with Crippen LogP contribution in [0.1, 0.15) is 22.9 Å². The van der Waals surface area contributed by atoms with Crippen LogP contribution in [0, 0.1) is 6.92 Å². The summed E-state index contributed by atoms with van der Waals surface area (Å²) in [5, 5.41) is 7.24. The molecular formula is C20H19N5O. The highest BCUT2D eigenvalue weighted by atomic mass is 16.2. The van der Waals surface area contributed by atoms with Gasteiger partial charge in [-0.1, -0.05) is 30.3 Å². The molecule has 0 spiro atoms. The van der Waals surface area contributed by atoms with Gasteiger partial charge in [0.15, 0.2) is 6.04 Å². The minimum absolute atomic E-state index is 0.117. The van der Waals surface area contributed by atoms with E-state index >= 15 is 0 Å². The Morgan fingerprint density at radius 2 is 2.00 bits per heavy atom. The molecule has 1 N–H and O–H groups in total. The summed E-state index contributed by atoms with van der Waals surface area (Å²) < 4.78 is 3.62. The molecule has 4 rings (SSSR count). The van der Waals surface area contributed by atoms with Crippen molar-refractivity contribution in [1.82, 2.24) is 24.5 Å². The fraction of sp³-hybridized carbons (Fsp3) is 0.150. The molecule has 0 aliphatic heterocycles. The van der Waals surface area contributed by atoms with Crippen LogP contribution < -0.4 is 5.32 Å². The van der Waals surface area contributed by atoms with Gasteiger partial charge < -0.3 is 9.72 Å². The first kappa shape index (κ1) is 16.1. The van der Waals surface area contributed by atoms with Gasteiger partial charge >= 0.3 is 0 Å². The second kappa shape index (κ2) is 6.84. The van der Waals surface area contributed by atoms with E-state index in [0.29, 0.717) is 6.54 Å². The number of carbonyl (C=O) groups excluding carboxylic acids is 1. The molecule has 3 heterocycles. The first-order valence-corrected chi connectivity index (χ1v) is 8.47. The molecule has 0 saturated heterocycles. The number of aryl methyl sites for hydroxylation is 1. The number of fused-ring (bicyclic) bond motifs is 1. The van der Waals surface area contributed by atoms with Crippen molar-refractivity contribution in [2.45, 2.75) is 19.5 Å². The molecular weight excluding hydrogens is 326 g/mol. The zero-order chi connectivity index (χ0) is 17.9. The standard InChI is InChI=1S/C20H19N5O/c1-15-8-11-24-14-17(23-18(24)12-15)13-21-20(26)19(25-10-5-9-22-25)16-6-3-2-4-7-16/h2-12,14,19H,13H2,1H3,(H,21,26)/t19-/m0/s1. The summed E-state index contributed by atoms with van der Waals surface area (Å²) in [6.07, 6.45) is 7.37. The summed E-state index contributed by atoms with van der Waals surface area (Å²) in [5.74, 6) is -0.117. The number of hydrogen-bond acceptors (Lipinski definition) is 3. The predicted molar refractivity (Wildman–Crippen MR) is 98.6 cm³/mol. The van der Waals surface area contributed by atoms with Crippen LogP contribution in [0.3, 0.4) is 0 Å². The van der Waals surface area contributed by atoms with E-state index in [1.165, 1.54) is 0 Å². The average molecular weight is 345 g/mol. The van der Waals surface area contributed by atoms with Crippen LogP contribution in [0.2, 0.25) is 0 Å². The molecule has 0 unspecified atom stereocenters. The van der Waals surface area contributed by atoms with Gasteiger partial charge in [-0.25, -0.2) is 4.98 Å². The lowest BCUT2D eigenvalue weighted by molar-refractivity contribution is -0.123. The molecule has 6 nitrogen and oxygen atoms in total. The first-order chi connectivity index (χ1) is 12.7. The van der Waals surface area contributed by atoms with Crippen LogP contribution in [-0.4, -0.2) is 25.1 Å². The Kier molecular flexibility index (Phi) is 4.23. The number of carbonyl (C=O) groups is 1. The van der Waals surface area contributed by atoms with Crippen molar-refractivity contribution in [2.24, 2.45) is 0 Å². The number of nitrogens with one attached hydrogen (secondary N) is 1. The average Bonchev–Trinajstić information content (AvgIpc) is 3.30. The number of nitrogens with zero attached hydrogens (tertiary/aromatic N) is 4. The minimum atomic E-state index is -0.509. The van der Waals surface area contributed by atoms with E-state index < -0.39 is 6.04 Å². The second-order valence-corrected chi connectivity index (χ2v) is 6.22.